The lowest BCUT2D eigenvalue weighted by molar-refractivity contribution is -0.385. The number of fused-ring (bicyclic) bond motifs is 1. The van der Waals surface area contributed by atoms with Crippen molar-refractivity contribution in [1.82, 2.24) is 14.6 Å². The molecule has 3 rings (SSSR count). The molecule has 2 heterocycles. The fourth-order valence-electron chi connectivity index (χ4n) is 1.78. The van der Waals surface area contributed by atoms with Crippen molar-refractivity contribution >= 4 is 37.9 Å². The summed E-state index contributed by atoms with van der Waals surface area (Å²) in [4.78, 5) is 15.7. The van der Waals surface area contributed by atoms with E-state index in [2.05, 4.69) is 26.0 Å². The van der Waals surface area contributed by atoms with Crippen LogP contribution in [0.15, 0.2) is 28.3 Å². The SMILES string of the molecule is Cc1ccc(-c2cn3nc(Br)sc3n2)cc1[N+](=O)[O-]. The van der Waals surface area contributed by atoms with E-state index in [1.54, 1.807) is 23.7 Å². The van der Waals surface area contributed by atoms with Crippen LogP contribution < -0.4 is 0 Å². The first-order chi connectivity index (χ1) is 9.04. The Hall–Kier alpha value is -1.80. The van der Waals surface area contributed by atoms with Crippen LogP contribution in [0, 0.1) is 17.0 Å². The number of hydrogen-bond donors (Lipinski definition) is 0. The van der Waals surface area contributed by atoms with Gasteiger partial charge in [-0.3, -0.25) is 10.1 Å². The van der Waals surface area contributed by atoms with Gasteiger partial charge in [-0.05, 0) is 22.9 Å². The Kier molecular flexibility index (Phi) is 2.83. The quantitative estimate of drug-likeness (QED) is 0.530. The third kappa shape index (κ3) is 2.13. The Bertz CT molecular complexity index is 764. The number of nitrogens with zero attached hydrogens (tertiary/aromatic N) is 4. The number of imidazole rings is 1. The van der Waals surface area contributed by atoms with Crippen LogP contribution in [0.1, 0.15) is 5.56 Å². The van der Waals surface area contributed by atoms with Crippen LogP contribution in [0.4, 0.5) is 5.69 Å². The molecule has 0 bridgehead atoms. The van der Waals surface area contributed by atoms with E-state index < -0.39 is 0 Å². The number of aromatic nitrogens is 3. The van der Waals surface area contributed by atoms with Crippen LogP contribution in [0.2, 0.25) is 0 Å². The molecule has 6 nitrogen and oxygen atoms in total. The second kappa shape index (κ2) is 4.39. The molecule has 0 saturated heterocycles. The van der Waals surface area contributed by atoms with Gasteiger partial charge in [-0.15, -0.1) is 5.10 Å². The van der Waals surface area contributed by atoms with Gasteiger partial charge in [-0.25, -0.2) is 9.50 Å². The van der Waals surface area contributed by atoms with Gasteiger partial charge in [-0.1, -0.05) is 23.5 Å². The molecule has 0 saturated carbocycles. The van der Waals surface area contributed by atoms with Gasteiger partial charge in [0.1, 0.15) is 0 Å². The zero-order valence-corrected chi connectivity index (χ0v) is 12.1. The van der Waals surface area contributed by atoms with Crippen molar-refractivity contribution in [2.24, 2.45) is 0 Å². The molecule has 0 atom stereocenters. The Balaban J connectivity index is 2.12. The third-order valence-electron chi connectivity index (χ3n) is 2.72. The number of benzene rings is 1. The molecule has 0 aliphatic heterocycles. The Labute approximate surface area is 120 Å². The van der Waals surface area contributed by atoms with Gasteiger partial charge in [0.15, 0.2) is 3.92 Å². The summed E-state index contributed by atoms with van der Waals surface area (Å²) < 4.78 is 2.40. The molecule has 8 heteroatoms. The van der Waals surface area contributed by atoms with Crippen molar-refractivity contribution < 1.29 is 4.92 Å². The maximum absolute atomic E-state index is 10.9. The van der Waals surface area contributed by atoms with Crippen LogP contribution in [-0.2, 0) is 0 Å². The zero-order chi connectivity index (χ0) is 13.6. The largest absolute Gasteiger partial charge is 0.272 e. The molecule has 0 unspecified atom stereocenters. The highest BCUT2D eigenvalue weighted by Gasteiger charge is 2.14. The minimum absolute atomic E-state index is 0.1000. The Morgan fingerprint density at radius 1 is 1.47 bits per heavy atom. The van der Waals surface area contributed by atoms with Crippen molar-refractivity contribution in [1.29, 1.82) is 0 Å². The fourth-order valence-corrected chi connectivity index (χ4v) is 3.00. The van der Waals surface area contributed by atoms with E-state index in [1.807, 2.05) is 6.07 Å². The normalized spacial score (nSPS) is 11.1. The van der Waals surface area contributed by atoms with E-state index in [0.717, 1.165) is 8.88 Å². The van der Waals surface area contributed by atoms with Crippen LogP contribution in [0.5, 0.6) is 0 Å². The summed E-state index contributed by atoms with van der Waals surface area (Å²) in [5.41, 5.74) is 2.12. The lowest BCUT2D eigenvalue weighted by Crippen LogP contribution is -1.92. The van der Waals surface area contributed by atoms with Crippen LogP contribution >= 0.6 is 27.3 Å². The van der Waals surface area contributed by atoms with E-state index in [1.165, 1.54) is 17.4 Å². The number of halogens is 1. The molecule has 2 aromatic heterocycles. The average molecular weight is 339 g/mol. The van der Waals surface area contributed by atoms with Crippen molar-refractivity contribution in [3.05, 3.63) is 44.0 Å². The average Bonchev–Trinajstić information content (AvgIpc) is 2.86. The highest BCUT2D eigenvalue weighted by Crippen LogP contribution is 2.28. The van der Waals surface area contributed by atoms with Crippen LogP contribution in [0.25, 0.3) is 16.2 Å². The Morgan fingerprint density at radius 2 is 2.26 bits per heavy atom. The van der Waals surface area contributed by atoms with Crippen molar-refractivity contribution in [3.8, 4) is 11.3 Å². The summed E-state index contributed by atoms with van der Waals surface area (Å²) in [5, 5.41) is 15.1. The number of nitro benzene ring substituents is 1. The molecule has 96 valence electrons. The number of nitro groups is 1. The van der Waals surface area contributed by atoms with E-state index in [4.69, 9.17) is 0 Å². The van der Waals surface area contributed by atoms with Gasteiger partial charge in [0.05, 0.1) is 16.8 Å². The lowest BCUT2D eigenvalue weighted by atomic mass is 10.1. The standard InChI is InChI=1S/C11H7BrN4O2S/c1-6-2-3-7(4-9(6)16(17)18)8-5-15-11(13-8)19-10(12)14-15/h2-5H,1H3. The van der Waals surface area contributed by atoms with Gasteiger partial charge >= 0.3 is 0 Å². The first-order valence-corrected chi connectivity index (χ1v) is 6.92. The molecule has 0 amide bonds. The monoisotopic (exact) mass is 338 g/mol. The van der Waals surface area contributed by atoms with Gasteiger partial charge < -0.3 is 0 Å². The van der Waals surface area contributed by atoms with Gasteiger partial charge in [0.2, 0.25) is 4.96 Å². The van der Waals surface area contributed by atoms with Crippen LogP contribution in [-0.4, -0.2) is 19.5 Å². The number of aryl methyl sites for hydroxylation is 1. The molecule has 0 aliphatic rings. The molecule has 0 spiro atoms. The van der Waals surface area contributed by atoms with E-state index in [9.17, 15) is 10.1 Å². The Morgan fingerprint density at radius 3 is 2.95 bits per heavy atom. The zero-order valence-electron chi connectivity index (χ0n) is 9.70. The maximum atomic E-state index is 10.9. The highest BCUT2D eigenvalue weighted by molar-refractivity contribution is 9.11. The maximum Gasteiger partial charge on any atom is 0.272 e. The lowest BCUT2D eigenvalue weighted by Gasteiger charge is -1.99. The second-order valence-electron chi connectivity index (χ2n) is 3.97. The summed E-state index contributed by atoms with van der Waals surface area (Å²) >= 11 is 4.69. The first-order valence-electron chi connectivity index (χ1n) is 5.32. The molecular weight excluding hydrogens is 332 g/mol. The topological polar surface area (TPSA) is 73.3 Å². The summed E-state index contributed by atoms with van der Waals surface area (Å²) in [6, 6.07) is 5.09. The second-order valence-corrected chi connectivity index (χ2v) is 6.20. The van der Waals surface area contributed by atoms with E-state index in [-0.39, 0.29) is 10.6 Å². The predicted octanol–water partition coefficient (Wildman–Crippen LogP) is 3.44. The smallest absolute Gasteiger partial charge is 0.258 e. The van der Waals surface area contributed by atoms with Gasteiger partial charge in [-0.2, -0.15) is 0 Å². The van der Waals surface area contributed by atoms with Gasteiger partial charge in [0.25, 0.3) is 5.69 Å². The van der Waals surface area contributed by atoms with E-state index in [0.29, 0.717) is 16.8 Å². The molecule has 3 aromatic rings. The van der Waals surface area contributed by atoms with Crippen LogP contribution in [0.3, 0.4) is 0 Å². The minimum atomic E-state index is -0.383. The number of hydrogen-bond acceptors (Lipinski definition) is 5. The molecule has 19 heavy (non-hydrogen) atoms. The summed E-state index contributed by atoms with van der Waals surface area (Å²) in [6.45, 7) is 1.71. The minimum Gasteiger partial charge on any atom is -0.258 e. The predicted molar refractivity (Wildman–Crippen MR) is 75.4 cm³/mol. The fraction of sp³-hybridized carbons (Fsp3) is 0.0909. The van der Waals surface area contributed by atoms with Gasteiger partial charge in [0, 0.05) is 17.2 Å². The summed E-state index contributed by atoms with van der Waals surface area (Å²) in [7, 11) is 0. The molecular formula is C11H7BrN4O2S. The van der Waals surface area contributed by atoms with Crippen molar-refractivity contribution in [2.45, 2.75) is 6.92 Å². The first kappa shape index (κ1) is 12.2. The molecule has 0 aliphatic carbocycles. The van der Waals surface area contributed by atoms with Crippen molar-refractivity contribution in [3.63, 3.8) is 0 Å². The molecule has 1 aromatic carbocycles. The summed E-state index contributed by atoms with van der Waals surface area (Å²) in [5.74, 6) is 0. The molecule has 0 fully saturated rings. The molecule has 0 radical (unpaired) electrons. The van der Waals surface area contributed by atoms with E-state index >= 15 is 0 Å². The van der Waals surface area contributed by atoms with Crippen molar-refractivity contribution in [2.75, 3.05) is 0 Å². The highest BCUT2D eigenvalue weighted by atomic mass is 79.9. The summed E-state index contributed by atoms with van der Waals surface area (Å²) in [6.07, 6.45) is 1.75. The number of rotatable bonds is 2. The molecule has 0 N–H and O–H groups in total. The third-order valence-corrected chi connectivity index (χ3v) is 4.08.